The number of piperidine rings is 1. The lowest BCUT2D eigenvalue weighted by Crippen LogP contribution is -2.43. The predicted molar refractivity (Wildman–Crippen MR) is 83.8 cm³/mol. The number of terminal acetylenes is 1. The van der Waals surface area contributed by atoms with Crippen LogP contribution >= 0.6 is 0 Å². The topological polar surface area (TPSA) is 29.5 Å². The van der Waals surface area contributed by atoms with Crippen LogP contribution in [-0.2, 0) is 11.2 Å². The van der Waals surface area contributed by atoms with Crippen molar-refractivity contribution in [2.75, 3.05) is 6.54 Å². The van der Waals surface area contributed by atoms with E-state index in [1.807, 2.05) is 4.90 Å². The second kappa shape index (κ2) is 7.17. The van der Waals surface area contributed by atoms with Crippen molar-refractivity contribution in [2.24, 2.45) is 5.92 Å². The molecule has 0 saturated carbocycles. The number of benzene rings is 1. The van der Waals surface area contributed by atoms with Gasteiger partial charge in [-0.15, -0.1) is 12.8 Å². The highest BCUT2D eigenvalue weighted by Gasteiger charge is 2.44. The average Bonchev–Trinajstić information content (AvgIpc) is 2.86. The number of carbonyl (C=O) groups is 1. The maximum Gasteiger partial charge on any atom is 0.410 e. The van der Waals surface area contributed by atoms with Crippen molar-refractivity contribution in [3.05, 3.63) is 35.9 Å². The molecule has 0 bridgehead atoms. The van der Waals surface area contributed by atoms with Crippen molar-refractivity contribution < 1.29 is 9.53 Å². The number of nitrogens with zero attached hydrogens (tertiary/aromatic N) is 1. The SMILES string of the molecule is C#C.CC[C@@H]1OC(=O)N2CC[C@H](Cc3ccccc3)CC12. The van der Waals surface area contributed by atoms with Gasteiger partial charge in [0.25, 0.3) is 0 Å². The first kappa shape index (κ1) is 15.4. The molecule has 21 heavy (non-hydrogen) atoms. The minimum absolute atomic E-state index is 0.102. The molecule has 0 aliphatic carbocycles. The summed E-state index contributed by atoms with van der Waals surface area (Å²) in [4.78, 5) is 13.7. The van der Waals surface area contributed by atoms with Gasteiger partial charge >= 0.3 is 6.09 Å². The largest absolute Gasteiger partial charge is 0.444 e. The van der Waals surface area contributed by atoms with Crippen molar-refractivity contribution in [1.29, 1.82) is 0 Å². The third kappa shape index (κ3) is 3.39. The monoisotopic (exact) mass is 285 g/mol. The minimum Gasteiger partial charge on any atom is -0.444 e. The summed E-state index contributed by atoms with van der Waals surface area (Å²) in [6.07, 6.45) is 12.2. The number of carbonyl (C=O) groups excluding carboxylic acids is 1. The highest BCUT2D eigenvalue weighted by Crippen LogP contribution is 2.34. The standard InChI is InChI=1S/C16H21NO2.C2H2/c1-2-15-14-11-13(8-9-17(14)16(18)19-15)10-12-6-4-3-5-7-12;1-2/h3-7,13-15H,2,8-11H2,1H3;1-2H/t13-,14?,15+;/m1./s1. The number of rotatable bonds is 3. The predicted octanol–water partition coefficient (Wildman–Crippen LogP) is 3.49. The Hall–Kier alpha value is -1.95. The van der Waals surface area contributed by atoms with Gasteiger partial charge in [0.2, 0.25) is 0 Å². The molecular formula is C18H23NO2. The summed E-state index contributed by atoms with van der Waals surface area (Å²) in [6.45, 7) is 2.96. The van der Waals surface area contributed by atoms with E-state index in [0.29, 0.717) is 12.0 Å². The molecule has 0 N–H and O–H groups in total. The van der Waals surface area contributed by atoms with Crippen LogP contribution in [-0.4, -0.2) is 29.7 Å². The van der Waals surface area contributed by atoms with Crippen LogP contribution in [0.25, 0.3) is 0 Å². The zero-order chi connectivity index (χ0) is 15.2. The number of fused-ring (bicyclic) bond motifs is 1. The van der Waals surface area contributed by atoms with E-state index in [-0.39, 0.29) is 12.2 Å². The Balaban J connectivity index is 0.000000774. The molecule has 3 heteroatoms. The molecule has 2 saturated heterocycles. The molecule has 0 spiro atoms. The molecule has 1 aromatic carbocycles. The van der Waals surface area contributed by atoms with Crippen LogP contribution in [0, 0.1) is 18.8 Å². The van der Waals surface area contributed by atoms with Crippen molar-refractivity contribution in [1.82, 2.24) is 4.90 Å². The molecule has 2 heterocycles. The maximum atomic E-state index is 11.7. The number of cyclic esters (lactones) is 1. The van der Waals surface area contributed by atoms with E-state index in [1.54, 1.807) is 0 Å². The molecule has 2 aliphatic rings. The zero-order valence-electron chi connectivity index (χ0n) is 12.6. The van der Waals surface area contributed by atoms with E-state index in [1.165, 1.54) is 5.56 Å². The summed E-state index contributed by atoms with van der Waals surface area (Å²) in [5.41, 5.74) is 1.40. The summed E-state index contributed by atoms with van der Waals surface area (Å²) in [6, 6.07) is 11.0. The first-order valence-electron chi connectivity index (χ1n) is 7.62. The molecule has 2 aliphatic heterocycles. The zero-order valence-corrected chi connectivity index (χ0v) is 12.6. The van der Waals surface area contributed by atoms with Crippen molar-refractivity contribution in [3.8, 4) is 12.8 Å². The van der Waals surface area contributed by atoms with Crippen LogP contribution in [0.5, 0.6) is 0 Å². The van der Waals surface area contributed by atoms with Crippen LogP contribution in [0.3, 0.4) is 0 Å². The third-order valence-electron chi connectivity index (χ3n) is 4.44. The molecular weight excluding hydrogens is 262 g/mol. The van der Waals surface area contributed by atoms with E-state index in [9.17, 15) is 4.79 Å². The molecule has 1 aromatic rings. The molecule has 0 aromatic heterocycles. The van der Waals surface area contributed by atoms with Crippen molar-refractivity contribution >= 4 is 6.09 Å². The first-order chi connectivity index (χ1) is 10.3. The number of ether oxygens (including phenoxy) is 1. The molecule has 3 nitrogen and oxygen atoms in total. The number of hydrogen-bond acceptors (Lipinski definition) is 2. The lowest BCUT2D eigenvalue weighted by Gasteiger charge is -2.34. The van der Waals surface area contributed by atoms with Crippen molar-refractivity contribution in [2.45, 2.75) is 44.8 Å². The van der Waals surface area contributed by atoms with E-state index in [2.05, 4.69) is 50.1 Å². The van der Waals surface area contributed by atoms with E-state index < -0.39 is 0 Å². The fourth-order valence-corrected chi connectivity index (χ4v) is 3.42. The molecule has 112 valence electrons. The van der Waals surface area contributed by atoms with Gasteiger partial charge in [0, 0.05) is 6.54 Å². The summed E-state index contributed by atoms with van der Waals surface area (Å²) in [5, 5.41) is 0. The van der Waals surface area contributed by atoms with Gasteiger partial charge in [0.1, 0.15) is 6.10 Å². The molecule has 0 radical (unpaired) electrons. The highest BCUT2D eigenvalue weighted by atomic mass is 16.6. The fraction of sp³-hybridized carbons (Fsp3) is 0.500. The summed E-state index contributed by atoms with van der Waals surface area (Å²) in [7, 11) is 0. The number of amides is 1. The average molecular weight is 285 g/mol. The summed E-state index contributed by atoms with van der Waals surface area (Å²) >= 11 is 0. The Bertz CT molecular complexity index is 482. The normalized spacial score (nSPS) is 27.3. The fourth-order valence-electron chi connectivity index (χ4n) is 3.42. The lowest BCUT2D eigenvalue weighted by molar-refractivity contribution is 0.125. The molecule has 2 fully saturated rings. The van der Waals surface area contributed by atoms with Gasteiger partial charge in [-0.2, -0.15) is 0 Å². The van der Waals surface area contributed by atoms with Crippen LogP contribution in [0.2, 0.25) is 0 Å². The van der Waals surface area contributed by atoms with E-state index >= 15 is 0 Å². The van der Waals surface area contributed by atoms with Gasteiger partial charge in [-0.25, -0.2) is 4.79 Å². The minimum atomic E-state index is -0.102. The van der Waals surface area contributed by atoms with Crippen LogP contribution in [0.15, 0.2) is 30.3 Å². The molecule has 1 unspecified atom stereocenters. The maximum absolute atomic E-state index is 11.7. The highest BCUT2D eigenvalue weighted by molar-refractivity contribution is 5.70. The van der Waals surface area contributed by atoms with E-state index in [0.717, 1.165) is 32.2 Å². The molecule has 3 rings (SSSR count). The van der Waals surface area contributed by atoms with Gasteiger partial charge in [0.15, 0.2) is 0 Å². The molecule has 1 amide bonds. The lowest BCUT2D eigenvalue weighted by atomic mass is 9.84. The van der Waals surface area contributed by atoms with Gasteiger partial charge < -0.3 is 9.64 Å². The summed E-state index contributed by atoms with van der Waals surface area (Å²) < 4.78 is 5.44. The molecule has 3 atom stereocenters. The Labute approximate surface area is 127 Å². The second-order valence-corrected chi connectivity index (χ2v) is 5.67. The van der Waals surface area contributed by atoms with E-state index in [4.69, 9.17) is 4.74 Å². The Kier molecular flexibility index (Phi) is 5.27. The second-order valence-electron chi connectivity index (χ2n) is 5.67. The van der Waals surface area contributed by atoms with Crippen LogP contribution < -0.4 is 0 Å². The first-order valence-corrected chi connectivity index (χ1v) is 7.62. The Morgan fingerprint density at radius 2 is 2.00 bits per heavy atom. The Morgan fingerprint density at radius 3 is 2.67 bits per heavy atom. The number of hydrogen-bond donors (Lipinski definition) is 0. The van der Waals surface area contributed by atoms with Gasteiger partial charge in [0.05, 0.1) is 6.04 Å². The van der Waals surface area contributed by atoms with Crippen LogP contribution in [0.4, 0.5) is 4.79 Å². The smallest absolute Gasteiger partial charge is 0.410 e. The van der Waals surface area contributed by atoms with Crippen LogP contribution in [0.1, 0.15) is 31.7 Å². The van der Waals surface area contributed by atoms with Gasteiger partial charge in [-0.3, -0.25) is 0 Å². The van der Waals surface area contributed by atoms with Gasteiger partial charge in [-0.05, 0) is 37.2 Å². The third-order valence-corrected chi connectivity index (χ3v) is 4.44. The Morgan fingerprint density at radius 1 is 1.29 bits per heavy atom. The van der Waals surface area contributed by atoms with Crippen molar-refractivity contribution in [3.63, 3.8) is 0 Å². The summed E-state index contributed by atoms with van der Waals surface area (Å²) in [5.74, 6) is 0.673. The quantitative estimate of drug-likeness (QED) is 0.796. The van der Waals surface area contributed by atoms with Gasteiger partial charge in [-0.1, -0.05) is 37.3 Å².